The molecule has 20 heavy (non-hydrogen) atoms. The van der Waals surface area contributed by atoms with E-state index >= 15 is 0 Å². The molecule has 1 saturated carbocycles. The number of rotatable bonds is 5. The maximum absolute atomic E-state index is 12.6. The lowest BCUT2D eigenvalue weighted by Crippen LogP contribution is -2.38. The van der Waals surface area contributed by atoms with Crippen molar-refractivity contribution in [2.45, 2.75) is 25.8 Å². The number of hydrogen-bond donors (Lipinski definition) is 0. The smallest absolute Gasteiger partial charge is 0.325 e. The number of nitrogens with zero attached hydrogens (tertiary/aromatic N) is 1. The van der Waals surface area contributed by atoms with Crippen LogP contribution in [0.25, 0.3) is 0 Å². The molecule has 108 valence electrons. The Labute approximate surface area is 127 Å². The van der Waals surface area contributed by atoms with Gasteiger partial charge >= 0.3 is 5.97 Å². The van der Waals surface area contributed by atoms with Gasteiger partial charge in [-0.2, -0.15) is 0 Å². The lowest BCUT2D eigenvalue weighted by Gasteiger charge is -2.22. The molecular weight excluding hydrogens is 301 g/mol. The molecule has 2 rings (SSSR count). The van der Waals surface area contributed by atoms with Gasteiger partial charge in [0, 0.05) is 6.04 Å². The molecule has 0 aromatic heterocycles. The first-order chi connectivity index (χ1) is 9.54. The molecule has 0 bridgehead atoms. The summed E-state index contributed by atoms with van der Waals surface area (Å²) < 4.78 is 4.90. The number of carbonyl (C=O) groups excluding carboxylic acids is 2. The van der Waals surface area contributed by atoms with Gasteiger partial charge in [0.25, 0.3) is 5.91 Å². The highest BCUT2D eigenvalue weighted by atomic mass is 35.5. The zero-order chi connectivity index (χ0) is 14.7. The third-order valence-electron chi connectivity index (χ3n) is 3.03. The molecule has 0 aliphatic heterocycles. The van der Waals surface area contributed by atoms with Crippen molar-refractivity contribution >= 4 is 35.1 Å². The van der Waals surface area contributed by atoms with Crippen LogP contribution in [0.4, 0.5) is 0 Å². The molecule has 1 aromatic carbocycles. The van der Waals surface area contributed by atoms with Gasteiger partial charge in [-0.1, -0.05) is 29.3 Å². The monoisotopic (exact) mass is 315 g/mol. The first-order valence-electron chi connectivity index (χ1n) is 6.45. The van der Waals surface area contributed by atoms with Crippen molar-refractivity contribution < 1.29 is 14.3 Å². The van der Waals surface area contributed by atoms with Crippen molar-refractivity contribution in [3.8, 4) is 0 Å². The summed E-state index contributed by atoms with van der Waals surface area (Å²) in [5, 5.41) is 0.578. The molecule has 1 aliphatic rings. The highest BCUT2D eigenvalue weighted by Gasteiger charge is 2.36. The molecule has 0 radical (unpaired) electrons. The van der Waals surface area contributed by atoms with Gasteiger partial charge in [0.2, 0.25) is 0 Å². The topological polar surface area (TPSA) is 46.6 Å². The van der Waals surface area contributed by atoms with Crippen LogP contribution < -0.4 is 0 Å². The summed E-state index contributed by atoms with van der Waals surface area (Å²) in [5.41, 5.74) is 0.243. The summed E-state index contributed by atoms with van der Waals surface area (Å²) in [6.07, 6.45) is 1.76. The van der Waals surface area contributed by atoms with Crippen LogP contribution in [0, 0.1) is 0 Å². The van der Waals surface area contributed by atoms with E-state index in [1.807, 2.05) is 0 Å². The predicted octanol–water partition coefficient (Wildman–Crippen LogP) is 3.16. The van der Waals surface area contributed by atoms with Crippen LogP contribution >= 0.6 is 23.2 Å². The molecule has 0 N–H and O–H groups in total. The number of halogens is 2. The Hall–Kier alpha value is -1.26. The predicted molar refractivity (Wildman–Crippen MR) is 77.2 cm³/mol. The van der Waals surface area contributed by atoms with E-state index in [1.165, 1.54) is 4.90 Å². The van der Waals surface area contributed by atoms with Gasteiger partial charge in [0.05, 0.1) is 22.2 Å². The van der Waals surface area contributed by atoms with Crippen molar-refractivity contribution in [2.75, 3.05) is 13.2 Å². The lowest BCUT2D eigenvalue weighted by atomic mass is 10.2. The second-order valence-corrected chi connectivity index (χ2v) is 5.38. The van der Waals surface area contributed by atoms with Crippen LogP contribution in [0.1, 0.15) is 30.1 Å². The molecule has 1 amide bonds. The zero-order valence-electron chi connectivity index (χ0n) is 11.1. The minimum Gasteiger partial charge on any atom is -0.465 e. The molecule has 1 aromatic rings. The average Bonchev–Trinajstić information content (AvgIpc) is 3.20. The van der Waals surface area contributed by atoms with Crippen LogP contribution in [-0.2, 0) is 9.53 Å². The lowest BCUT2D eigenvalue weighted by molar-refractivity contribution is -0.144. The highest BCUT2D eigenvalue weighted by molar-refractivity contribution is 6.39. The standard InChI is InChI=1S/C14H15Cl2NO3/c1-2-20-12(18)8-17(9-6-7-9)14(19)13-10(15)4-3-5-11(13)16/h3-5,9H,2,6-8H2,1H3. The van der Waals surface area contributed by atoms with E-state index in [0.717, 1.165) is 12.8 Å². The fourth-order valence-corrected chi connectivity index (χ4v) is 2.50. The maximum atomic E-state index is 12.6. The Morgan fingerprint density at radius 3 is 2.40 bits per heavy atom. The van der Waals surface area contributed by atoms with Gasteiger partial charge in [-0.05, 0) is 31.9 Å². The van der Waals surface area contributed by atoms with Crippen molar-refractivity contribution in [1.82, 2.24) is 4.90 Å². The van der Waals surface area contributed by atoms with Crippen molar-refractivity contribution in [1.29, 1.82) is 0 Å². The second kappa shape index (κ2) is 6.46. The summed E-state index contributed by atoms with van der Waals surface area (Å²) in [4.78, 5) is 25.7. The van der Waals surface area contributed by atoms with Gasteiger partial charge < -0.3 is 9.64 Å². The van der Waals surface area contributed by atoms with E-state index in [-0.39, 0.29) is 34.1 Å². The van der Waals surface area contributed by atoms with Gasteiger partial charge in [-0.15, -0.1) is 0 Å². The molecule has 0 heterocycles. The third-order valence-corrected chi connectivity index (χ3v) is 3.66. The largest absolute Gasteiger partial charge is 0.465 e. The maximum Gasteiger partial charge on any atom is 0.325 e. The van der Waals surface area contributed by atoms with E-state index in [9.17, 15) is 9.59 Å². The van der Waals surface area contributed by atoms with Crippen molar-refractivity contribution in [3.05, 3.63) is 33.8 Å². The normalized spacial score (nSPS) is 13.9. The molecule has 0 saturated heterocycles. The fraction of sp³-hybridized carbons (Fsp3) is 0.429. The average molecular weight is 316 g/mol. The quantitative estimate of drug-likeness (QED) is 0.784. The van der Waals surface area contributed by atoms with E-state index in [0.29, 0.717) is 6.61 Å². The Morgan fingerprint density at radius 1 is 1.30 bits per heavy atom. The van der Waals surface area contributed by atoms with E-state index in [2.05, 4.69) is 0 Å². The van der Waals surface area contributed by atoms with Gasteiger partial charge in [0.15, 0.2) is 0 Å². The number of benzene rings is 1. The van der Waals surface area contributed by atoms with E-state index in [4.69, 9.17) is 27.9 Å². The van der Waals surface area contributed by atoms with Crippen LogP contribution in [0.2, 0.25) is 10.0 Å². The second-order valence-electron chi connectivity index (χ2n) is 4.57. The minimum atomic E-state index is -0.420. The van der Waals surface area contributed by atoms with E-state index in [1.54, 1.807) is 25.1 Å². The summed E-state index contributed by atoms with van der Waals surface area (Å²) in [6.45, 7) is 1.95. The fourth-order valence-electron chi connectivity index (χ4n) is 1.94. The summed E-state index contributed by atoms with van der Waals surface area (Å²) in [7, 11) is 0. The van der Waals surface area contributed by atoms with E-state index < -0.39 is 5.97 Å². The molecule has 0 spiro atoms. The Kier molecular flexibility index (Phi) is 4.89. The van der Waals surface area contributed by atoms with Gasteiger partial charge in [-0.25, -0.2) is 0 Å². The molecular formula is C14H15Cl2NO3. The zero-order valence-corrected chi connectivity index (χ0v) is 12.6. The molecule has 1 fully saturated rings. The number of hydrogen-bond acceptors (Lipinski definition) is 3. The number of ether oxygens (including phenoxy) is 1. The molecule has 6 heteroatoms. The highest BCUT2D eigenvalue weighted by Crippen LogP contribution is 2.32. The number of esters is 1. The Balaban J connectivity index is 2.21. The van der Waals surface area contributed by atoms with Crippen LogP contribution in [0.15, 0.2) is 18.2 Å². The van der Waals surface area contributed by atoms with Crippen molar-refractivity contribution in [2.24, 2.45) is 0 Å². The van der Waals surface area contributed by atoms with Gasteiger partial charge in [0.1, 0.15) is 6.54 Å². The Bertz CT molecular complexity index is 509. The number of amides is 1. The summed E-state index contributed by atoms with van der Waals surface area (Å²) in [6, 6.07) is 4.96. The third kappa shape index (κ3) is 3.44. The summed E-state index contributed by atoms with van der Waals surface area (Å²) in [5.74, 6) is -0.743. The molecule has 0 atom stereocenters. The number of carbonyl (C=O) groups is 2. The van der Waals surface area contributed by atoms with Crippen molar-refractivity contribution in [3.63, 3.8) is 0 Å². The van der Waals surface area contributed by atoms with Crippen LogP contribution in [0.5, 0.6) is 0 Å². The first-order valence-corrected chi connectivity index (χ1v) is 7.20. The molecule has 4 nitrogen and oxygen atoms in total. The van der Waals surface area contributed by atoms with Crippen LogP contribution in [-0.4, -0.2) is 36.0 Å². The minimum absolute atomic E-state index is 0.0687. The Morgan fingerprint density at radius 2 is 1.90 bits per heavy atom. The SMILES string of the molecule is CCOC(=O)CN(C(=O)c1c(Cl)cccc1Cl)C1CC1. The first kappa shape index (κ1) is 15.1. The van der Waals surface area contributed by atoms with Crippen LogP contribution in [0.3, 0.4) is 0 Å². The molecule has 0 unspecified atom stereocenters. The molecule has 1 aliphatic carbocycles. The van der Waals surface area contributed by atoms with Gasteiger partial charge in [-0.3, -0.25) is 9.59 Å². The summed E-state index contributed by atoms with van der Waals surface area (Å²) >= 11 is 12.1.